The van der Waals surface area contributed by atoms with Gasteiger partial charge in [0.25, 0.3) is 0 Å². The molecule has 21 heavy (non-hydrogen) atoms. The molecule has 0 aliphatic carbocycles. The van der Waals surface area contributed by atoms with Gasteiger partial charge in [0.15, 0.2) is 0 Å². The number of aliphatic hydroxyl groups is 1. The van der Waals surface area contributed by atoms with Crippen molar-refractivity contribution in [3.8, 4) is 5.75 Å². The van der Waals surface area contributed by atoms with Gasteiger partial charge < -0.3 is 25.2 Å². The highest BCUT2D eigenvalue weighted by molar-refractivity contribution is 5.82. The summed E-state index contributed by atoms with van der Waals surface area (Å²) in [6.07, 6.45) is -0.0303. The Kier molecular flexibility index (Phi) is 6.48. The number of hydrogen-bond donors (Lipinski definition) is 3. The second kappa shape index (κ2) is 8.11. The van der Waals surface area contributed by atoms with Gasteiger partial charge in [-0.25, -0.2) is 9.59 Å². The third-order valence-electron chi connectivity index (χ3n) is 2.94. The van der Waals surface area contributed by atoms with Crippen molar-refractivity contribution in [1.82, 2.24) is 10.2 Å². The largest absolute Gasteiger partial charge is 0.497 e. The van der Waals surface area contributed by atoms with E-state index in [1.54, 1.807) is 26.3 Å². The summed E-state index contributed by atoms with van der Waals surface area (Å²) in [5.41, 5.74) is 0.891. The molecule has 7 heteroatoms. The van der Waals surface area contributed by atoms with Gasteiger partial charge >= 0.3 is 12.0 Å². The summed E-state index contributed by atoms with van der Waals surface area (Å²) < 4.78 is 5.05. The average molecular weight is 296 g/mol. The number of carboxylic acids is 1. The van der Waals surface area contributed by atoms with Gasteiger partial charge in [0.05, 0.1) is 7.11 Å². The van der Waals surface area contributed by atoms with E-state index in [4.69, 9.17) is 14.9 Å². The van der Waals surface area contributed by atoms with Gasteiger partial charge in [-0.15, -0.1) is 0 Å². The van der Waals surface area contributed by atoms with Gasteiger partial charge in [-0.2, -0.15) is 0 Å². The number of methoxy groups -OCH3 is 1. The fourth-order valence-electron chi connectivity index (χ4n) is 1.72. The number of nitrogens with zero attached hydrogens (tertiary/aromatic N) is 1. The van der Waals surface area contributed by atoms with Gasteiger partial charge in [-0.05, 0) is 17.7 Å². The molecule has 0 aliphatic rings. The average Bonchev–Trinajstić information content (AvgIpc) is 2.47. The summed E-state index contributed by atoms with van der Waals surface area (Å²) in [5, 5.41) is 20.1. The lowest BCUT2D eigenvalue weighted by Gasteiger charge is -2.21. The molecule has 1 rings (SSSR count). The Labute approximate surface area is 123 Å². The predicted molar refractivity (Wildman–Crippen MR) is 76.1 cm³/mol. The molecule has 0 bridgehead atoms. The Morgan fingerprint density at radius 3 is 2.43 bits per heavy atom. The van der Waals surface area contributed by atoms with E-state index in [0.717, 1.165) is 11.3 Å². The minimum absolute atomic E-state index is 0.0303. The first-order valence-corrected chi connectivity index (χ1v) is 6.46. The van der Waals surface area contributed by atoms with E-state index in [9.17, 15) is 9.59 Å². The zero-order valence-corrected chi connectivity index (χ0v) is 12.1. The van der Waals surface area contributed by atoms with E-state index in [1.165, 1.54) is 4.90 Å². The van der Waals surface area contributed by atoms with Gasteiger partial charge in [0, 0.05) is 26.6 Å². The van der Waals surface area contributed by atoms with Crippen LogP contribution in [0.3, 0.4) is 0 Å². The van der Waals surface area contributed by atoms with E-state index in [1.807, 2.05) is 12.1 Å². The molecule has 1 aromatic carbocycles. The summed E-state index contributed by atoms with van der Waals surface area (Å²) >= 11 is 0. The monoisotopic (exact) mass is 296 g/mol. The number of urea groups is 1. The van der Waals surface area contributed by atoms with Crippen LogP contribution < -0.4 is 10.1 Å². The number of rotatable bonds is 7. The molecule has 0 saturated carbocycles. The fraction of sp³-hybridized carbons (Fsp3) is 0.429. The molecular formula is C14H20N2O5. The van der Waals surface area contributed by atoms with E-state index < -0.39 is 18.0 Å². The van der Waals surface area contributed by atoms with E-state index >= 15 is 0 Å². The zero-order chi connectivity index (χ0) is 15.8. The highest BCUT2D eigenvalue weighted by Crippen LogP contribution is 2.12. The molecule has 7 nitrogen and oxygen atoms in total. The summed E-state index contributed by atoms with van der Waals surface area (Å²) in [5.74, 6) is -0.449. The van der Waals surface area contributed by atoms with Crippen molar-refractivity contribution < 1.29 is 24.5 Å². The Bertz CT molecular complexity index is 475. The molecule has 0 fully saturated rings. The molecule has 0 unspecified atom stereocenters. The summed E-state index contributed by atoms with van der Waals surface area (Å²) in [6.45, 7) is 0.0285. The van der Waals surface area contributed by atoms with Gasteiger partial charge in [0.2, 0.25) is 0 Å². The van der Waals surface area contributed by atoms with Crippen LogP contribution >= 0.6 is 0 Å². The SMILES string of the molecule is COc1ccc(CN(C)C(=O)N[C@H](CCO)C(=O)O)cc1. The molecule has 0 aliphatic heterocycles. The second-order valence-corrected chi connectivity index (χ2v) is 4.56. The van der Waals surface area contributed by atoms with Crippen molar-refractivity contribution in [2.75, 3.05) is 20.8 Å². The number of ether oxygens (including phenoxy) is 1. The highest BCUT2D eigenvalue weighted by atomic mass is 16.5. The number of carboxylic acid groups (broad SMARTS) is 1. The number of amides is 2. The molecule has 0 aromatic heterocycles. The summed E-state index contributed by atoms with van der Waals surface area (Å²) in [6, 6.07) is 5.61. The zero-order valence-electron chi connectivity index (χ0n) is 12.1. The second-order valence-electron chi connectivity index (χ2n) is 4.56. The van der Waals surface area contributed by atoms with Gasteiger partial charge in [-0.1, -0.05) is 12.1 Å². The maximum absolute atomic E-state index is 11.9. The van der Waals surface area contributed by atoms with E-state index in [0.29, 0.717) is 6.54 Å². The lowest BCUT2D eigenvalue weighted by molar-refractivity contribution is -0.139. The maximum atomic E-state index is 11.9. The third kappa shape index (κ3) is 5.31. The van der Waals surface area contributed by atoms with Crippen LogP contribution in [0.25, 0.3) is 0 Å². The van der Waals surface area contributed by atoms with Crippen LogP contribution in [0, 0.1) is 0 Å². The van der Waals surface area contributed by atoms with Gasteiger partial charge in [-0.3, -0.25) is 0 Å². The summed E-state index contributed by atoms with van der Waals surface area (Å²) in [7, 11) is 3.14. The van der Waals surface area contributed by atoms with Crippen molar-refractivity contribution in [2.24, 2.45) is 0 Å². The van der Waals surface area contributed by atoms with Crippen LogP contribution in [0.5, 0.6) is 5.75 Å². The molecule has 1 atom stereocenters. The molecular weight excluding hydrogens is 276 g/mol. The number of aliphatic carboxylic acids is 1. The van der Waals surface area contributed by atoms with Crippen LogP contribution in [-0.2, 0) is 11.3 Å². The van der Waals surface area contributed by atoms with Crippen molar-refractivity contribution in [1.29, 1.82) is 0 Å². The Balaban J connectivity index is 2.58. The first kappa shape index (κ1) is 16.8. The molecule has 116 valence electrons. The number of aliphatic hydroxyl groups excluding tert-OH is 1. The molecule has 2 amide bonds. The van der Waals surface area contributed by atoms with Crippen molar-refractivity contribution in [3.63, 3.8) is 0 Å². The topological polar surface area (TPSA) is 99.1 Å². The van der Waals surface area contributed by atoms with E-state index in [2.05, 4.69) is 5.32 Å². The van der Waals surface area contributed by atoms with Crippen LogP contribution in [0.1, 0.15) is 12.0 Å². The Hall–Kier alpha value is -2.28. The van der Waals surface area contributed by atoms with E-state index in [-0.39, 0.29) is 13.0 Å². The van der Waals surface area contributed by atoms with Gasteiger partial charge in [0.1, 0.15) is 11.8 Å². The minimum atomic E-state index is -1.17. The number of nitrogens with one attached hydrogen (secondary N) is 1. The van der Waals surface area contributed by atoms with Crippen LogP contribution in [0.2, 0.25) is 0 Å². The maximum Gasteiger partial charge on any atom is 0.326 e. The fourth-order valence-corrected chi connectivity index (χ4v) is 1.72. The normalized spacial score (nSPS) is 11.6. The smallest absolute Gasteiger partial charge is 0.326 e. The number of carbonyl (C=O) groups excluding carboxylic acids is 1. The molecule has 3 N–H and O–H groups in total. The lowest BCUT2D eigenvalue weighted by atomic mass is 10.2. The number of hydrogen-bond acceptors (Lipinski definition) is 4. The van der Waals surface area contributed by atoms with Crippen LogP contribution in [0.4, 0.5) is 4.79 Å². The molecule has 0 spiro atoms. The number of benzene rings is 1. The lowest BCUT2D eigenvalue weighted by Crippen LogP contribution is -2.46. The number of carbonyl (C=O) groups is 2. The summed E-state index contributed by atoms with van der Waals surface area (Å²) in [4.78, 5) is 24.2. The predicted octanol–water partition coefficient (Wildman–Crippen LogP) is 0.672. The quantitative estimate of drug-likeness (QED) is 0.687. The molecule has 1 aromatic rings. The van der Waals surface area contributed by atoms with Crippen LogP contribution in [-0.4, -0.2) is 53.9 Å². The Morgan fingerprint density at radius 1 is 1.33 bits per heavy atom. The highest BCUT2D eigenvalue weighted by Gasteiger charge is 2.21. The Morgan fingerprint density at radius 2 is 1.95 bits per heavy atom. The molecule has 0 saturated heterocycles. The van der Waals surface area contributed by atoms with Crippen LogP contribution in [0.15, 0.2) is 24.3 Å². The standard InChI is InChI=1S/C14H20N2O5/c1-16(9-10-3-5-11(21-2)6-4-10)14(20)15-12(7-8-17)13(18)19/h3-6,12,17H,7-9H2,1-2H3,(H,15,20)(H,18,19)/t12-/m1/s1. The first-order valence-electron chi connectivity index (χ1n) is 6.46. The first-order chi connectivity index (χ1) is 9.97. The van der Waals surface area contributed by atoms with Crippen molar-refractivity contribution in [2.45, 2.75) is 19.0 Å². The van der Waals surface area contributed by atoms with Crippen molar-refractivity contribution >= 4 is 12.0 Å². The third-order valence-corrected chi connectivity index (χ3v) is 2.94. The minimum Gasteiger partial charge on any atom is -0.497 e. The molecule has 0 radical (unpaired) electrons. The molecule has 0 heterocycles. The van der Waals surface area contributed by atoms with Crippen molar-refractivity contribution in [3.05, 3.63) is 29.8 Å².